The molecule has 0 amide bonds. The Labute approximate surface area is 125 Å². The summed E-state index contributed by atoms with van der Waals surface area (Å²) in [5, 5.41) is 0.846. The first-order valence-electron chi connectivity index (χ1n) is 6.96. The van der Waals surface area contributed by atoms with Gasteiger partial charge < -0.3 is 10.6 Å². The van der Waals surface area contributed by atoms with Gasteiger partial charge in [-0.3, -0.25) is 0 Å². The number of benzene rings is 1. The molecule has 2 nitrogen and oxygen atoms in total. The highest BCUT2D eigenvalue weighted by atomic mass is 35.5. The molecular formula is C15H23ClN2S. The average molecular weight is 299 g/mol. The second kappa shape index (κ2) is 6.87. The number of nitrogens with two attached hydrogens (primary N) is 1. The third-order valence-electron chi connectivity index (χ3n) is 3.90. The van der Waals surface area contributed by atoms with Crippen LogP contribution >= 0.6 is 23.4 Å². The molecule has 1 aromatic carbocycles. The maximum Gasteiger partial charge on any atom is 0.0459 e. The summed E-state index contributed by atoms with van der Waals surface area (Å²) in [4.78, 5) is 2.36. The van der Waals surface area contributed by atoms with E-state index in [1.54, 1.807) is 0 Å². The van der Waals surface area contributed by atoms with Crippen molar-refractivity contribution in [2.45, 2.75) is 38.3 Å². The summed E-state index contributed by atoms with van der Waals surface area (Å²) in [6.45, 7) is 2.11. The van der Waals surface area contributed by atoms with Crippen molar-refractivity contribution in [3.8, 4) is 0 Å². The van der Waals surface area contributed by atoms with E-state index in [1.165, 1.54) is 23.6 Å². The van der Waals surface area contributed by atoms with Crippen LogP contribution in [0.1, 0.15) is 25.3 Å². The highest BCUT2D eigenvalue weighted by Crippen LogP contribution is 2.29. The molecule has 4 heteroatoms. The molecule has 2 rings (SSSR count). The van der Waals surface area contributed by atoms with Gasteiger partial charge in [0.2, 0.25) is 0 Å². The predicted octanol–water partition coefficient (Wildman–Crippen LogP) is 3.56. The van der Waals surface area contributed by atoms with Crippen LogP contribution in [0.5, 0.6) is 0 Å². The largest absolute Gasteiger partial charge is 0.371 e. The lowest BCUT2D eigenvalue weighted by Gasteiger charge is -2.26. The number of nitrogens with zero attached hydrogens (tertiary/aromatic N) is 1. The minimum atomic E-state index is 0.201. The highest BCUT2D eigenvalue weighted by molar-refractivity contribution is 7.99. The molecule has 0 bridgehead atoms. The van der Waals surface area contributed by atoms with Crippen molar-refractivity contribution >= 4 is 29.1 Å². The number of anilines is 1. The Bertz CT molecular complexity index is 419. The minimum Gasteiger partial charge on any atom is -0.371 e. The van der Waals surface area contributed by atoms with E-state index in [0.29, 0.717) is 6.04 Å². The molecule has 0 spiro atoms. The van der Waals surface area contributed by atoms with Gasteiger partial charge in [-0.1, -0.05) is 24.6 Å². The van der Waals surface area contributed by atoms with Crippen molar-refractivity contribution in [2.24, 2.45) is 5.73 Å². The van der Waals surface area contributed by atoms with E-state index in [1.807, 2.05) is 11.8 Å². The normalized spacial score (nSPS) is 20.5. The molecular weight excluding hydrogens is 276 g/mol. The highest BCUT2D eigenvalue weighted by Gasteiger charge is 2.20. The van der Waals surface area contributed by atoms with E-state index < -0.39 is 0 Å². The standard InChI is InChI=1S/C15H23ClN2S/c1-3-12(17)8-11-4-5-13(9-15(11)16)18(2)14-6-7-19-10-14/h4-5,9,12,14H,3,6-8,10,17H2,1-2H3. The smallest absolute Gasteiger partial charge is 0.0459 e. The molecule has 1 aromatic rings. The molecule has 1 fully saturated rings. The van der Waals surface area contributed by atoms with Crippen LogP contribution in [-0.2, 0) is 6.42 Å². The Morgan fingerprint density at radius 2 is 2.32 bits per heavy atom. The van der Waals surface area contributed by atoms with Crippen LogP contribution in [0.15, 0.2) is 18.2 Å². The number of hydrogen-bond acceptors (Lipinski definition) is 3. The Morgan fingerprint density at radius 1 is 1.53 bits per heavy atom. The molecule has 0 aliphatic carbocycles. The van der Waals surface area contributed by atoms with Gasteiger partial charge in [-0.05, 0) is 42.7 Å². The van der Waals surface area contributed by atoms with Crippen molar-refractivity contribution in [1.82, 2.24) is 0 Å². The zero-order valence-corrected chi connectivity index (χ0v) is 13.3. The summed E-state index contributed by atoms with van der Waals surface area (Å²) in [5.74, 6) is 2.49. The third-order valence-corrected chi connectivity index (χ3v) is 5.40. The summed E-state index contributed by atoms with van der Waals surface area (Å²) in [6, 6.07) is 7.23. The van der Waals surface area contributed by atoms with Crippen LogP contribution in [0.3, 0.4) is 0 Å². The minimum absolute atomic E-state index is 0.201. The molecule has 2 N–H and O–H groups in total. The summed E-state index contributed by atoms with van der Waals surface area (Å²) in [5.41, 5.74) is 8.37. The molecule has 1 aliphatic heterocycles. The topological polar surface area (TPSA) is 29.3 Å². The van der Waals surface area contributed by atoms with Crippen LogP contribution in [-0.4, -0.2) is 30.6 Å². The van der Waals surface area contributed by atoms with Gasteiger partial charge in [0, 0.05) is 35.6 Å². The van der Waals surface area contributed by atoms with Crippen molar-refractivity contribution in [3.05, 3.63) is 28.8 Å². The van der Waals surface area contributed by atoms with Crippen molar-refractivity contribution in [1.29, 1.82) is 0 Å². The van der Waals surface area contributed by atoms with Crippen LogP contribution < -0.4 is 10.6 Å². The van der Waals surface area contributed by atoms with E-state index >= 15 is 0 Å². The second-order valence-electron chi connectivity index (χ2n) is 5.28. The second-order valence-corrected chi connectivity index (χ2v) is 6.83. The maximum atomic E-state index is 6.39. The van der Waals surface area contributed by atoms with Crippen LogP contribution in [0, 0.1) is 0 Å². The fraction of sp³-hybridized carbons (Fsp3) is 0.600. The van der Waals surface area contributed by atoms with Crippen LogP contribution in [0.4, 0.5) is 5.69 Å². The molecule has 0 aromatic heterocycles. The number of thioether (sulfide) groups is 1. The van der Waals surface area contributed by atoms with E-state index in [9.17, 15) is 0 Å². The zero-order valence-electron chi connectivity index (χ0n) is 11.7. The van der Waals surface area contributed by atoms with Crippen molar-refractivity contribution in [3.63, 3.8) is 0 Å². The van der Waals surface area contributed by atoms with Gasteiger partial charge in [-0.15, -0.1) is 0 Å². The fourth-order valence-electron chi connectivity index (χ4n) is 2.39. The Balaban J connectivity index is 2.09. The Kier molecular flexibility index (Phi) is 5.43. The number of rotatable bonds is 5. The van der Waals surface area contributed by atoms with Gasteiger partial charge in [0.05, 0.1) is 0 Å². The lowest BCUT2D eigenvalue weighted by molar-refractivity contribution is 0.646. The Hall–Kier alpha value is -0.380. The van der Waals surface area contributed by atoms with Gasteiger partial charge in [0.15, 0.2) is 0 Å². The van der Waals surface area contributed by atoms with Crippen LogP contribution in [0.25, 0.3) is 0 Å². The van der Waals surface area contributed by atoms with Crippen molar-refractivity contribution < 1.29 is 0 Å². The molecule has 1 saturated heterocycles. The first kappa shape index (κ1) is 15.0. The lowest BCUT2D eigenvalue weighted by Crippen LogP contribution is -2.31. The zero-order chi connectivity index (χ0) is 13.8. The fourth-order valence-corrected chi connectivity index (χ4v) is 3.91. The third kappa shape index (κ3) is 3.80. The molecule has 2 unspecified atom stereocenters. The van der Waals surface area contributed by atoms with Gasteiger partial charge >= 0.3 is 0 Å². The molecule has 19 heavy (non-hydrogen) atoms. The molecule has 1 heterocycles. The molecule has 0 radical (unpaired) electrons. The van der Waals surface area contributed by atoms with E-state index in [-0.39, 0.29) is 6.04 Å². The molecule has 106 valence electrons. The number of hydrogen-bond donors (Lipinski definition) is 1. The molecule has 1 aliphatic rings. The van der Waals surface area contributed by atoms with Crippen LogP contribution in [0.2, 0.25) is 5.02 Å². The summed E-state index contributed by atoms with van der Waals surface area (Å²) >= 11 is 8.43. The Morgan fingerprint density at radius 3 is 2.89 bits per heavy atom. The summed E-state index contributed by atoms with van der Waals surface area (Å²) in [7, 11) is 2.17. The molecule has 2 atom stereocenters. The van der Waals surface area contributed by atoms with Crippen molar-refractivity contribution in [2.75, 3.05) is 23.5 Å². The van der Waals surface area contributed by atoms with E-state index in [2.05, 4.69) is 37.1 Å². The maximum absolute atomic E-state index is 6.39. The average Bonchev–Trinajstić information content (AvgIpc) is 2.94. The predicted molar refractivity (Wildman–Crippen MR) is 87.6 cm³/mol. The molecule has 0 saturated carbocycles. The monoisotopic (exact) mass is 298 g/mol. The van der Waals surface area contributed by atoms with Gasteiger partial charge in [-0.2, -0.15) is 11.8 Å². The van der Waals surface area contributed by atoms with Gasteiger partial charge in [0.1, 0.15) is 0 Å². The first-order chi connectivity index (χ1) is 9.11. The van der Waals surface area contributed by atoms with Gasteiger partial charge in [-0.25, -0.2) is 0 Å². The van der Waals surface area contributed by atoms with E-state index in [0.717, 1.165) is 23.4 Å². The first-order valence-corrected chi connectivity index (χ1v) is 8.49. The SMILES string of the molecule is CCC(N)Cc1ccc(N(C)C2CCSC2)cc1Cl. The van der Waals surface area contributed by atoms with E-state index in [4.69, 9.17) is 17.3 Å². The summed E-state index contributed by atoms with van der Waals surface area (Å²) in [6.07, 6.45) is 3.11. The van der Waals surface area contributed by atoms with Gasteiger partial charge in [0.25, 0.3) is 0 Å². The summed E-state index contributed by atoms with van der Waals surface area (Å²) < 4.78 is 0. The lowest BCUT2D eigenvalue weighted by atomic mass is 10.0. The quantitative estimate of drug-likeness (QED) is 0.901. The number of halogens is 1.